The van der Waals surface area contributed by atoms with Crippen LogP contribution in [0.15, 0.2) is 47.0 Å². The van der Waals surface area contributed by atoms with Gasteiger partial charge in [0.1, 0.15) is 22.5 Å². The van der Waals surface area contributed by atoms with E-state index in [-0.39, 0.29) is 18.6 Å². The second-order valence-electron chi connectivity index (χ2n) is 6.05. The molecule has 7 heteroatoms. The van der Waals surface area contributed by atoms with Gasteiger partial charge in [0, 0.05) is 18.0 Å². The summed E-state index contributed by atoms with van der Waals surface area (Å²) in [5, 5.41) is 4.10. The Bertz CT molecular complexity index is 901. The molecule has 3 aromatic rings. The molecule has 1 fully saturated rings. The summed E-state index contributed by atoms with van der Waals surface area (Å²) in [6, 6.07) is 11.1. The Morgan fingerprint density at radius 1 is 1.35 bits per heavy atom. The lowest BCUT2D eigenvalue weighted by Crippen LogP contribution is -2.23. The van der Waals surface area contributed by atoms with Crippen molar-refractivity contribution in [1.29, 1.82) is 0 Å². The van der Waals surface area contributed by atoms with Crippen LogP contribution in [0.3, 0.4) is 0 Å². The normalized spacial score (nSPS) is 16.7. The minimum atomic E-state index is -0.282. The fourth-order valence-corrected chi connectivity index (χ4v) is 3.00. The number of nitrogens with zero attached hydrogens (tertiary/aromatic N) is 1. The Labute approximate surface area is 155 Å². The highest BCUT2D eigenvalue weighted by atomic mass is 35.5. The first kappa shape index (κ1) is 16.9. The van der Waals surface area contributed by atoms with Gasteiger partial charge < -0.3 is 19.2 Å². The molecule has 26 heavy (non-hydrogen) atoms. The zero-order valence-corrected chi connectivity index (χ0v) is 14.7. The number of carbonyl (C=O) groups excluding carboxylic acids is 1. The third-order valence-corrected chi connectivity index (χ3v) is 4.41. The average molecular weight is 373 g/mol. The summed E-state index contributed by atoms with van der Waals surface area (Å²) in [6.45, 7) is 1.48. The molecule has 3 heterocycles. The first-order chi connectivity index (χ1) is 12.7. The molecule has 0 radical (unpaired) electrons. The first-order valence-corrected chi connectivity index (χ1v) is 8.72. The minimum absolute atomic E-state index is 0.0484. The third kappa shape index (κ3) is 3.66. The molecule has 6 nitrogen and oxygen atoms in total. The molecule has 0 aliphatic carbocycles. The number of nitrogens with one attached hydrogen (secondary N) is 1. The smallest absolute Gasteiger partial charge is 0.253 e. The summed E-state index contributed by atoms with van der Waals surface area (Å²) < 4.78 is 16.6. The molecule has 1 aliphatic heterocycles. The minimum Gasteiger partial charge on any atom is -0.471 e. The van der Waals surface area contributed by atoms with Gasteiger partial charge in [0.15, 0.2) is 0 Å². The number of hydrogen-bond donors (Lipinski definition) is 1. The van der Waals surface area contributed by atoms with Gasteiger partial charge in [0.25, 0.3) is 5.91 Å². The quantitative estimate of drug-likeness (QED) is 0.741. The Morgan fingerprint density at radius 3 is 3.00 bits per heavy atom. The van der Waals surface area contributed by atoms with Crippen LogP contribution in [-0.4, -0.2) is 30.2 Å². The van der Waals surface area contributed by atoms with Crippen molar-refractivity contribution in [3.05, 3.63) is 58.9 Å². The molecule has 0 saturated carbocycles. The number of ether oxygens (including phenoxy) is 2. The van der Waals surface area contributed by atoms with E-state index in [1.165, 1.54) is 6.20 Å². The predicted octanol–water partition coefficient (Wildman–Crippen LogP) is 3.58. The number of carbonyl (C=O) groups is 1. The Hall–Kier alpha value is -2.57. The summed E-state index contributed by atoms with van der Waals surface area (Å²) >= 11 is 6.20. The molecule has 1 saturated heterocycles. The summed E-state index contributed by atoms with van der Waals surface area (Å²) in [4.78, 5) is 16.5. The third-order valence-electron chi connectivity index (χ3n) is 4.14. The van der Waals surface area contributed by atoms with Crippen LogP contribution >= 0.6 is 11.6 Å². The van der Waals surface area contributed by atoms with E-state index in [0.29, 0.717) is 35.4 Å². The number of pyridine rings is 1. The van der Waals surface area contributed by atoms with Crippen LogP contribution in [0.25, 0.3) is 11.0 Å². The SMILES string of the molecule is O=C(NCc1cc2ccccc2o1)c1cnc(OC2CCOC2)c(Cl)c1. The lowest BCUT2D eigenvalue weighted by atomic mass is 10.2. The standard InChI is InChI=1S/C19H17ClN2O4/c20-16-8-13(9-22-19(16)26-14-5-6-24-11-14)18(23)21-10-15-7-12-3-1-2-4-17(12)25-15/h1-4,7-9,14H,5-6,10-11H2,(H,21,23). The number of fused-ring (bicyclic) bond motifs is 1. The van der Waals surface area contributed by atoms with Crippen molar-refractivity contribution in [3.63, 3.8) is 0 Å². The number of furan rings is 1. The molecule has 2 aromatic heterocycles. The van der Waals surface area contributed by atoms with Crippen molar-refractivity contribution < 1.29 is 18.7 Å². The molecule has 1 atom stereocenters. The predicted molar refractivity (Wildman–Crippen MR) is 96.5 cm³/mol. The van der Waals surface area contributed by atoms with E-state index in [1.807, 2.05) is 30.3 Å². The number of benzene rings is 1. The maximum atomic E-state index is 12.3. The molecular formula is C19H17ClN2O4. The van der Waals surface area contributed by atoms with Gasteiger partial charge in [0.2, 0.25) is 5.88 Å². The monoisotopic (exact) mass is 372 g/mol. The van der Waals surface area contributed by atoms with Crippen LogP contribution in [0.5, 0.6) is 5.88 Å². The molecule has 1 aliphatic rings. The Balaban J connectivity index is 1.40. The summed E-state index contributed by atoms with van der Waals surface area (Å²) in [5.41, 5.74) is 1.15. The Morgan fingerprint density at radius 2 is 2.23 bits per heavy atom. The number of halogens is 1. The van der Waals surface area contributed by atoms with Gasteiger partial charge in [-0.05, 0) is 18.2 Å². The molecular weight excluding hydrogens is 356 g/mol. The number of amides is 1. The van der Waals surface area contributed by atoms with Gasteiger partial charge in [-0.15, -0.1) is 0 Å². The van der Waals surface area contributed by atoms with Crippen LogP contribution in [-0.2, 0) is 11.3 Å². The van der Waals surface area contributed by atoms with Crippen molar-refractivity contribution >= 4 is 28.5 Å². The molecule has 0 bridgehead atoms. The van der Waals surface area contributed by atoms with Crippen molar-refractivity contribution in [2.24, 2.45) is 0 Å². The van der Waals surface area contributed by atoms with Crippen molar-refractivity contribution in [1.82, 2.24) is 10.3 Å². The number of hydrogen-bond acceptors (Lipinski definition) is 5. The van der Waals surface area contributed by atoms with E-state index < -0.39 is 0 Å². The topological polar surface area (TPSA) is 73.6 Å². The highest BCUT2D eigenvalue weighted by Crippen LogP contribution is 2.25. The van der Waals surface area contributed by atoms with Crippen LogP contribution in [0.4, 0.5) is 0 Å². The fourth-order valence-electron chi connectivity index (χ4n) is 2.79. The second-order valence-corrected chi connectivity index (χ2v) is 6.45. The number of para-hydroxylation sites is 1. The molecule has 1 N–H and O–H groups in total. The number of rotatable bonds is 5. The zero-order valence-electron chi connectivity index (χ0n) is 13.9. The molecule has 4 rings (SSSR count). The van der Waals surface area contributed by atoms with E-state index in [4.69, 9.17) is 25.5 Å². The van der Waals surface area contributed by atoms with E-state index in [2.05, 4.69) is 10.3 Å². The fraction of sp³-hybridized carbons (Fsp3) is 0.263. The van der Waals surface area contributed by atoms with Crippen molar-refractivity contribution in [3.8, 4) is 5.88 Å². The van der Waals surface area contributed by atoms with Crippen molar-refractivity contribution in [2.45, 2.75) is 19.1 Å². The van der Waals surface area contributed by atoms with Gasteiger partial charge in [0.05, 0.1) is 25.3 Å². The number of aromatic nitrogens is 1. The van der Waals surface area contributed by atoms with Gasteiger partial charge >= 0.3 is 0 Å². The lowest BCUT2D eigenvalue weighted by molar-refractivity contribution is 0.0947. The van der Waals surface area contributed by atoms with E-state index >= 15 is 0 Å². The molecule has 1 aromatic carbocycles. The molecule has 1 unspecified atom stereocenters. The molecule has 134 valence electrons. The van der Waals surface area contributed by atoms with E-state index in [1.54, 1.807) is 6.07 Å². The summed E-state index contributed by atoms with van der Waals surface area (Å²) in [6.07, 6.45) is 2.20. The molecule has 0 spiro atoms. The highest BCUT2D eigenvalue weighted by Gasteiger charge is 2.20. The van der Waals surface area contributed by atoms with Crippen LogP contribution in [0, 0.1) is 0 Å². The van der Waals surface area contributed by atoms with Crippen molar-refractivity contribution in [2.75, 3.05) is 13.2 Å². The van der Waals surface area contributed by atoms with E-state index in [9.17, 15) is 4.79 Å². The largest absolute Gasteiger partial charge is 0.471 e. The van der Waals surface area contributed by atoms with Gasteiger partial charge in [-0.1, -0.05) is 29.8 Å². The first-order valence-electron chi connectivity index (χ1n) is 8.34. The highest BCUT2D eigenvalue weighted by molar-refractivity contribution is 6.32. The zero-order chi connectivity index (χ0) is 17.9. The van der Waals surface area contributed by atoms with Crippen LogP contribution in [0.1, 0.15) is 22.5 Å². The van der Waals surface area contributed by atoms with Gasteiger partial charge in [-0.3, -0.25) is 4.79 Å². The average Bonchev–Trinajstić information content (AvgIpc) is 3.30. The second kappa shape index (κ2) is 7.35. The van der Waals surface area contributed by atoms with Crippen LogP contribution in [0.2, 0.25) is 5.02 Å². The Kier molecular flexibility index (Phi) is 4.77. The lowest BCUT2D eigenvalue weighted by Gasteiger charge is -2.12. The maximum Gasteiger partial charge on any atom is 0.253 e. The summed E-state index contributed by atoms with van der Waals surface area (Å²) in [7, 11) is 0. The maximum absolute atomic E-state index is 12.3. The van der Waals surface area contributed by atoms with Gasteiger partial charge in [-0.25, -0.2) is 4.98 Å². The molecule has 1 amide bonds. The van der Waals surface area contributed by atoms with Crippen LogP contribution < -0.4 is 10.1 Å². The van der Waals surface area contributed by atoms with E-state index in [0.717, 1.165) is 17.4 Å². The van der Waals surface area contributed by atoms with Gasteiger partial charge in [-0.2, -0.15) is 0 Å². The summed E-state index contributed by atoms with van der Waals surface area (Å²) in [5.74, 6) is 0.714.